The molecule has 1 heteroatoms. The number of nitrogens with zero attached hydrogens (tertiary/aromatic N) is 1. The average Bonchev–Trinajstić information content (AvgIpc) is 2.25. The molecule has 0 aromatic rings. The van der Waals surface area contributed by atoms with Crippen LogP contribution in [-0.2, 0) is 0 Å². The van der Waals surface area contributed by atoms with Crippen molar-refractivity contribution in [3.8, 4) is 0 Å². The molecule has 0 amide bonds. The fraction of sp³-hybridized carbons (Fsp3) is 0.529. The van der Waals surface area contributed by atoms with Gasteiger partial charge in [0.2, 0.25) is 0 Å². The van der Waals surface area contributed by atoms with E-state index in [1.165, 1.54) is 35.1 Å². The summed E-state index contributed by atoms with van der Waals surface area (Å²) in [5, 5.41) is 0. The van der Waals surface area contributed by atoms with Gasteiger partial charge in [0.1, 0.15) is 0 Å². The SMILES string of the molecule is C=C(/C=C(\C)CCC1=CCCC(C)=C1)CN(C)C. The summed E-state index contributed by atoms with van der Waals surface area (Å²) in [5.74, 6) is 0. The Hall–Kier alpha value is -1.08. The monoisotopic (exact) mass is 245 g/mol. The first kappa shape index (κ1) is 15.0. The van der Waals surface area contributed by atoms with Crippen LogP contribution >= 0.6 is 0 Å². The van der Waals surface area contributed by atoms with Crippen molar-refractivity contribution in [2.75, 3.05) is 20.6 Å². The third-order valence-corrected chi connectivity index (χ3v) is 3.15. The molecule has 1 aliphatic carbocycles. The van der Waals surface area contributed by atoms with Crippen molar-refractivity contribution < 1.29 is 0 Å². The molecule has 0 heterocycles. The van der Waals surface area contributed by atoms with Crippen LogP contribution < -0.4 is 0 Å². The van der Waals surface area contributed by atoms with Gasteiger partial charge in [-0.2, -0.15) is 0 Å². The summed E-state index contributed by atoms with van der Waals surface area (Å²) in [6, 6.07) is 0. The van der Waals surface area contributed by atoms with Crippen LogP contribution in [0.1, 0.15) is 39.5 Å². The molecule has 100 valence electrons. The van der Waals surface area contributed by atoms with Crippen molar-refractivity contribution in [3.63, 3.8) is 0 Å². The number of hydrogen-bond donors (Lipinski definition) is 0. The van der Waals surface area contributed by atoms with Gasteiger partial charge in [0, 0.05) is 6.54 Å². The van der Waals surface area contributed by atoms with Crippen LogP contribution in [0, 0.1) is 0 Å². The molecule has 0 radical (unpaired) electrons. The predicted molar refractivity (Wildman–Crippen MR) is 81.8 cm³/mol. The highest BCUT2D eigenvalue weighted by Crippen LogP contribution is 2.22. The summed E-state index contributed by atoms with van der Waals surface area (Å²) in [5.41, 5.74) is 5.65. The zero-order valence-electron chi connectivity index (χ0n) is 12.4. The molecule has 0 spiro atoms. The molecule has 0 bridgehead atoms. The molecule has 0 unspecified atom stereocenters. The Morgan fingerprint density at radius 1 is 1.44 bits per heavy atom. The van der Waals surface area contributed by atoms with Gasteiger partial charge in [0.25, 0.3) is 0 Å². The lowest BCUT2D eigenvalue weighted by Crippen LogP contribution is -2.13. The molecule has 0 aromatic heterocycles. The molecule has 0 aliphatic heterocycles. The first-order valence-electron chi connectivity index (χ1n) is 6.83. The van der Waals surface area contributed by atoms with Crippen molar-refractivity contribution in [1.82, 2.24) is 4.90 Å². The second kappa shape index (κ2) is 7.38. The van der Waals surface area contributed by atoms with Crippen molar-refractivity contribution in [2.45, 2.75) is 39.5 Å². The van der Waals surface area contributed by atoms with Gasteiger partial charge in [-0.15, -0.1) is 0 Å². The van der Waals surface area contributed by atoms with Crippen molar-refractivity contribution in [2.24, 2.45) is 0 Å². The van der Waals surface area contributed by atoms with E-state index in [9.17, 15) is 0 Å². The Labute approximate surface area is 113 Å². The molecule has 0 fully saturated rings. The van der Waals surface area contributed by atoms with Gasteiger partial charge in [0.15, 0.2) is 0 Å². The van der Waals surface area contributed by atoms with E-state index in [1.807, 2.05) is 0 Å². The van der Waals surface area contributed by atoms with Gasteiger partial charge < -0.3 is 4.90 Å². The highest BCUT2D eigenvalue weighted by atomic mass is 15.0. The second-order valence-corrected chi connectivity index (χ2v) is 5.70. The summed E-state index contributed by atoms with van der Waals surface area (Å²) < 4.78 is 0. The van der Waals surface area contributed by atoms with Gasteiger partial charge >= 0.3 is 0 Å². The van der Waals surface area contributed by atoms with Crippen molar-refractivity contribution >= 4 is 0 Å². The molecule has 0 saturated heterocycles. The van der Waals surface area contributed by atoms with Gasteiger partial charge in [-0.1, -0.05) is 41.5 Å². The van der Waals surface area contributed by atoms with E-state index in [4.69, 9.17) is 0 Å². The topological polar surface area (TPSA) is 3.24 Å². The molecular weight excluding hydrogens is 218 g/mol. The van der Waals surface area contributed by atoms with Gasteiger partial charge in [-0.05, 0) is 59.2 Å². The van der Waals surface area contributed by atoms with Crippen LogP contribution in [0.15, 0.2) is 47.1 Å². The van der Waals surface area contributed by atoms with Gasteiger partial charge in [0.05, 0.1) is 0 Å². The number of rotatable bonds is 6. The standard InChI is InChI=1S/C17H27N/c1-14-7-6-8-17(12-14)10-9-15(2)11-16(3)13-18(4)5/h8,11-12H,3,6-7,9-10,13H2,1-2,4-5H3/b15-11+. The fourth-order valence-corrected chi connectivity index (χ4v) is 2.32. The predicted octanol–water partition coefficient (Wildman–Crippen LogP) is 4.50. The van der Waals surface area contributed by atoms with E-state index < -0.39 is 0 Å². The molecular formula is C17H27N. The van der Waals surface area contributed by atoms with E-state index in [0.717, 1.165) is 19.4 Å². The number of allylic oxidation sites excluding steroid dienone is 5. The van der Waals surface area contributed by atoms with E-state index in [0.29, 0.717) is 0 Å². The zero-order chi connectivity index (χ0) is 13.5. The second-order valence-electron chi connectivity index (χ2n) is 5.70. The Balaban J connectivity index is 2.41. The fourth-order valence-electron chi connectivity index (χ4n) is 2.32. The minimum absolute atomic E-state index is 0.943. The minimum Gasteiger partial charge on any atom is -0.305 e. The maximum Gasteiger partial charge on any atom is 0.0221 e. The van der Waals surface area contributed by atoms with E-state index in [2.05, 4.69) is 57.6 Å². The molecule has 1 nitrogen and oxygen atoms in total. The Kier molecular flexibility index (Phi) is 6.14. The first-order valence-corrected chi connectivity index (χ1v) is 6.83. The third-order valence-electron chi connectivity index (χ3n) is 3.15. The van der Waals surface area contributed by atoms with Crippen LogP contribution in [0.5, 0.6) is 0 Å². The number of likely N-dealkylation sites (N-methyl/N-ethyl adjacent to an activating group) is 1. The largest absolute Gasteiger partial charge is 0.305 e. The zero-order valence-corrected chi connectivity index (χ0v) is 12.4. The van der Waals surface area contributed by atoms with Crippen molar-refractivity contribution in [1.29, 1.82) is 0 Å². The summed E-state index contributed by atoms with van der Waals surface area (Å²) >= 11 is 0. The van der Waals surface area contributed by atoms with Gasteiger partial charge in [-0.3, -0.25) is 0 Å². The maximum atomic E-state index is 4.10. The lowest BCUT2D eigenvalue weighted by atomic mass is 9.96. The quantitative estimate of drug-likeness (QED) is 0.623. The highest BCUT2D eigenvalue weighted by Gasteiger charge is 2.02. The summed E-state index contributed by atoms with van der Waals surface area (Å²) in [6.45, 7) is 9.48. The Morgan fingerprint density at radius 3 is 2.78 bits per heavy atom. The Bertz CT molecular complexity index is 380. The lowest BCUT2D eigenvalue weighted by Gasteiger charge is -2.12. The van der Waals surface area contributed by atoms with Gasteiger partial charge in [-0.25, -0.2) is 0 Å². The maximum absolute atomic E-state index is 4.10. The smallest absolute Gasteiger partial charge is 0.0221 e. The van der Waals surface area contributed by atoms with E-state index in [1.54, 1.807) is 0 Å². The van der Waals surface area contributed by atoms with Crippen LogP contribution in [-0.4, -0.2) is 25.5 Å². The Morgan fingerprint density at radius 2 is 2.17 bits per heavy atom. The molecule has 18 heavy (non-hydrogen) atoms. The van der Waals surface area contributed by atoms with Crippen LogP contribution in [0.2, 0.25) is 0 Å². The highest BCUT2D eigenvalue weighted by molar-refractivity contribution is 5.28. The van der Waals surface area contributed by atoms with E-state index >= 15 is 0 Å². The summed E-state index contributed by atoms with van der Waals surface area (Å²) in [6.07, 6.45) is 11.7. The minimum atomic E-state index is 0.943. The molecule has 0 saturated carbocycles. The van der Waals surface area contributed by atoms with Crippen LogP contribution in [0.3, 0.4) is 0 Å². The molecule has 1 aliphatic rings. The lowest BCUT2D eigenvalue weighted by molar-refractivity contribution is 0.449. The number of hydrogen-bond acceptors (Lipinski definition) is 1. The molecule has 0 aromatic carbocycles. The van der Waals surface area contributed by atoms with Crippen LogP contribution in [0.4, 0.5) is 0 Å². The first-order chi connectivity index (χ1) is 8.47. The normalized spacial score (nSPS) is 16.6. The van der Waals surface area contributed by atoms with Crippen LogP contribution in [0.25, 0.3) is 0 Å². The summed E-state index contributed by atoms with van der Waals surface area (Å²) in [4.78, 5) is 2.15. The van der Waals surface area contributed by atoms with E-state index in [-0.39, 0.29) is 0 Å². The molecule has 0 N–H and O–H groups in total. The average molecular weight is 245 g/mol. The summed E-state index contributed by atoms with van der Waals surface area (Å²) in [7, 11) is 4.16. The van der Waals surface area contributed by atoms with Crippen molar-refractivity contribution in [3.05, 3.63) is 47.1 Å². The molecule has 0 atom stereocenters. The molecule has 1 rings (SSSR count). The third kappa shape index (κ3) is 6.02.